The van der Waals surface area contributed by atoms with Gasteiger partial charge >= 0.3 is 11.9 Å². The van der Waals surface area contributed by atoms with Gasteiger partial charge in [-0.3, -0.25) is 29.0 Å². The first-order valence-corrected chi connectivity index (χ1v) is 11.8. The zero-order valence-electron chi connectivity index (χ0n) is 21.0. The second-order valence-corrected chi connectivity index (χ2v) is 8.54. The molecule has 4 atom stereocenters. The normalized spacial score (nSPS) is 13.6. The van der Waals surface area contributed by atoms with Crippen LogP contribution in [-0.4, -0.2) is 82.5 Å². The molecule has 0 fully saturated rings. The highest BCUT2D eigenvalue weighted by atomic mass is 16.4. The molecule has 0 saturated carbocycles. The van der Waals surface area contributed by atoms with Crippen molar-refractivity contribution in [2.75, 3.05) is 6.54 Å². The van der Waals surface area contributed by atoms with Gasteiger partial charge in [0.1, 0.15) is 18.1 Å². The minimum Gasteiger partial charge on any atom is -0.481 e. The van der Waals surface area contributed by atoms with Crippen molar-refractivity contribution < 1.29 is 39.0 Å². The smallest absolute Gasteiger partial charge is 0.326 e. The minimum absolute atomic E-state index is 0.0662. The van der Waals surface area contributed by atoms with Crippen LogP contribution in [0.4, 0.5) is 0 Å². The highest BCUT2D eigenvalue weighted by Gasteiger charge is 2.31. The molecule has 4 unspecified atom stereocenters. The molecule has 4 amide bonds. The third-order valence-electron chi connectivity index (χ3n) is 5.25. The molecule has 39 heavy (non-hydrogen) atoms. The van der Waals surface area contributed by atoms with Crippen LogP contribution in [0.15, 0.2) is 35.3 Å². The average Bonchev–Trinajstić information content (AvgIpc) is 2.84. The summed E-state index contributed by atoms with van der Waals surface area (Å²) in [6, 6.07) is 2.64. The quantitative estimate of drug-likeness (QED) is 0.0520. The van der Waals surface area contributed by atoms with E-state index in [1.54, 1.807) is 30.3 Å². The van der Waals surface area contributed by atoms with E-state index in [2.05, 4.69) is 20.9 Å². The molecule has 0 aliphatic heterocycles. The van der Waals surface area contributed by atoms with Crippen molar-refractivity contribution in [1.29, 1.82) is 0 Å². The van der Waals surface area contributed by atoms with Crippen molar-refractivity contribution in [3.8, 4) is 0 Å². The Balaban J connectivity index is 3.07. The fourth-order valence-corrected chi connectivity index (χ4v) is 3.33. The lowest BCUT2D eigenvalue weighted by Crippen LogP contribution is -2.58. The number of benzene rings is 1. The maximum Gasteiger partial charge on any atom is 0.326 e. The Labute approximate surface area is 223 Å². The Hall–Kier alpha value is -4.73. The van der Waals surface area contributed by atoms with E-state index in [-0.39, 0.29) is 31.8 Å². The number of nitrogens with zero attached hydrogens (tertiary/aromatic N) is 1. The van der Waals surface area contributed by atoms with Crippen LogP contribution >= 0.6 is 0 Å². The minimum atomic E-state index is -1.59. The summed E-state index contributed by atoms with van der Waals surface area (Å²) in [5.41, 5.74) is 21.9. The molecule has 0 bridgehead atoms. The average molecular weight is 551 g/mol. The number of hydrogen-bond acceptors (Lipinski definition) is 8. The number of rotatable bonds is 17. The van der Waals surface area contributed by atoms with Crippen molar-refractivity contribution in [3.63, 3.8) is 0 Å². The summed E-state index contributed by atoms with van der Waals surface area (Å²) in [4.78, 5) is 76.3. The summed E-state index contributed by atoms with van der Waals surface area (Å²) in [7, 11) is 0. The number of guanidine groups is 1. The van der Waals surface area contributed by atoms with Crippen LogP contribution in [0.1, 0.15) is 31.2 Å². The molecule has 13 N–H and O–H groups in total. The van der Waals surface area contributed by atoms with Gasteiger partial charge in [0.15, 0.2) is 5.96 Å². The van der Waals surface area contributed by atoms with E-state index in [4.69, 9.17) is 28.0 Å². The predicted octanol–water partition coefficient (Wildman–Crippen LogP) is -3.50. The monoisotopic (exact) mass is 550 g/mol. The zero-order chi connectivity index (χ0) is 29.5. The number of nitrogens with two attached hydrogens (primary N) is 4. The van der Waals surface area contributed by atoms with E-state index in [1.807, 2.05) is 0 Å². The number of carbonyl (C=O) groups is 6. The standard InChI is InChI=1S/C23H34N8O8/c24-13(10-18(33)34)19(35)30-15(9-12-5-2-1-3-6-12)20(36)31-16(11-17(25)32)21(37)29-14(22(38)39)7-4-8-28-23(26)27/h1-3,5-6,13-16H,4,7-11,24H2,(H2,25,32)(H,29,37)(H,30,35)(H,31,36)(H,33,34)(H,38,39)(H4,26,27,28). The maximum absolute atomic E-state index is 13.1. The second-order valence-electron chi connectivity index (χ2n) is 8.54. The fraction of sp³-hybridized carbons (Fsp3) is 0.435. The first-order valence-electron chi connectivity index (χ1n) is 11.8. The molecule has 0 heterocycles. The molecular formula is C23H34N8O8. The van der Waals surface area contributed by atoms with Crippen molar-refractivity contribution >= 4 is 41.5 Å². The zero-order valence-corrected chi connectivity index (χ0v) is 21.0. The molecular weight excluding hydrogens is 516 g/mol. The summed E-state index contributed by atoms with van der Waals surface area (Å²) in [5, 5.41) is 25.3. The molecule has 0 radical (unpaired) electrons. The van der Waals surface area contributed by atoms with Gasteiger partial charge in [-0.2, -0.15) is 0 Å². The predicted molar refractivity (Wildman–Crippen MR) is 138 cm³/mol. The molecule has 1 aromatic carbocycles. The van der Waals surface area contributed by atoms with Gasteiger partial charge in [0, 0.05) is 13.0 Å². The van der Waals surface area contributed by atoms with Crippen molar-refractivity contribution in [2.24, 2.45) is 27.9 Å². The molecule has 0 aromatic heterocycles. The van der Waals surface area contributed by atoms with Crippen LogP contribution in [0.5, 0.6) is 0 Å². The highest BCUT2D eigenvalue weighted by molar-refractivity contribution is 5.96. The lowest BCUT2D eigenvalue weighted by Gasteiger charge is -2.24. The highest BCUT2D eigenvalue weighted by Crippen LogP contribution is 2.06. The molecule has 1 rings (SSSR count). The van der Waals surface area contributed by atoms with Crippen LogP contribution in [-0.2, 0) is 35.2 Å². The fourth-order valence-electron chi connectivity index (χ4n) is 3.33. The van der Waals surface area contributed by atoms with Crippen LogP contribution < -0.4 is 38.9 Å². The Kier molecular flexibility index (Phi) is 13.4. The molecule has 214 valence electrons. The van der Waals surface area contributed by atoms with Gasteiger partial charge < -0.3 is 49.1 Å². The van der Waals surface area contributed by atoms with Gasteiger partial charge in [0.05, 0.1) is 18.9 Å². The molecule has 0 aliphatic rings. The summed E-state index contributed by atoms with van der Waals surface area (Å²) in [6.07, 6.45) is -1.32. The van der Waals surface area contributed by atoms with Crippen LogP contribution in [0.3, 0.4) is 0 Å². The summed E-state index contributed by atoms with van der Waals surface area (Å²) in [6.45, 7) is 0.105. The van der Waals surface area contributed by atoms with Crippen molar-refractivity contribution in [2.45, 2.75) is 56.3 Å². The molecule has 16 heteroatoms. The third kappa shape index (κ3) is 12.9. The van der Waals surface area contributed by atoms with Gasteiger partial charge in [-0.25, -0.2) is 4.79 Å². The summed E-state index contributed by atoms with van der Waals surface area (Å²) >= 11 is 0. The Morgan fingerprint density at radius 1 is 0.795 bits per heavy atom. The van der Waals surface area contributed by atoms with Gasteiger partial charge in [-0.1, -0.05) is 30.3 Å². The number of nitrogens with one attached hydrogen (secondary N) is 3. The summed E-state index contributed by atoms with van der Waals surface area (Å²) < 4.78 is 0. The first-order chi connectivity index (χ1) is 18.3. The molecule has 0 saturated heterocycles. The van der Waals surface area contributed by atoms with Crippen LogP contribution in [0, 0.1) is 0 Å². The number of aliphatic carboxylic acids is 2. The van der Waals surface area contributed by atoms with Crippen molar-refractivity contribution in [3.05, 3.63) is 35.9 Å². The number of primary amides is 1. The lowest BCUT2D eigenvalue weighted by atomic mass is 10.0. The number of amides is 4. The molecule has 0 aliphatic carbocycles. The van der Waals surface area contributed by atoms with E-state index in [0.717, 1.165) is 0 Å². The Bertz CT molecular complexity index is 1060. The van der Waals surface area contributed by atoms with Crippen molar-refractivity contribution in [1.82, 2.24) is 16.0 Å². The van der Waals surface area contributed by atoms with Gasteiger partial charge in [-0.15, -0.1) is 0 Å². The number of carbonyl (C=O) groups excluding carboxylic acids is 4. The number of carboxylic acid groups (broad SMARTS) is 2. The van der Waals surface area contributed by atoms with E-state index in [1.165, 1.54) is 0 Å². The van der Waals surface area contributed by atoms with E-state index in [9.17, 15) is 33.9 Å². The largest absolute Gasteiger partial charge is 0.481 e. The number of hydrogen-bond donors (Lipinski definition) is 9. The maximum atomic E-state index is 13.1. The summed E-state index contributed by atoms with van der Waals surface area (Å²) in [5.74, 6) is -6.72. The molecule has 16 nitrogen and oxygen atoms in total. The lowest BCUT2D eigenvalue weighted by molar-refractivity contribution is -0.142. The van der Waals surface area contributed by atoms with Gasteiger partial charge in [-0.05, 0) is 18.4 Å². The third-order valence-corrected chi connectivity index (χ3v) is 5.25. The molecule has 0 spiro atoms. The SMILES string of the molecule is NC(=O)CC(NC(=O)C(Cc1ccccc1)NC(=O)C(N)CC(=O)O)C(=O)NC(CCCN=C(N)N)C(=O)O. The molecule has 1 aromatic rings. The first kappa shape index (κ1) is 32.3. The topological polar surface area (TPSA) is 295 Å². The number of aliphatic imine (C=N–C) groups is 1. The Morgan fingerprint density at radius 2 is 1.36 bits per heavy atom. The van der Waals surface area contributed by atoms with E-state index in [0.29, 0.717) is 5.56 Å². The van der Waals surface area contributed by atoms with Gasteiger partial charge in [0.25, 0.3) is 0 Å². The van der Waals surface area contributed by atoms with Gasteiger partial charge in [0.2, 0.25) is 23.6 Å². The second kappa shape index (κ2) is 16.2. The van der Waals surface area contributed by atoms with E-state index < -0.39 is 72.6 Å². The van der Waals surface area contributed by atoms with Crippen LogP contribution in [0.25, 0.3) is 0 Å². The number of carboxylic acids is 2. The Morgan fingerprint density at radius 3 is 1.90 bits per heavy atom. The van der Waals surface area contributed by atoms with E-state index >= 15 is 0 Å². The van der Waals surface area contributed by atoms with Crippen LogP contribution in [0.2, 0.25) is 0 Å².